The van der Waals surface area contributed by atoms with Gasteiger partial charge in [0.25, 0.3) is 5.69 Å². The van der Waals surface area contributed by atoms with Crippen molar-refractivity contribution in [3.8, 4) is 5.75 Å². The second-order valence-corrected chi connectivity index (χ2v) is 4.35. The third kappa shape index (κ3) is 3.33. The predicted octanol–water partition coefficient (Wildman–Crippen LogP) is 3.91. The fourth-order valence-corrected chi connectivity index (χ4v) is 1.68. The molecule has 0 saturated carbocycles. The number of methoxy groups -OCH3 is 1. The van der Waals surface area contributed by atoms with E-state index < -0.39 is 4.92 Å². The predicted molar refractivity (Wildman–Crippen MR) is 79.4 cm³/mol. The molecule has 2 rings (SSSR count). The number of hydrogen-bond donors (Lipinski definition) is 1. The normalized spacial score (nSPS) is 10.8. The van der Waals surface area contributed by atoms with Gasteiger partial charge in [0.2, 0.25) is 0 Å². The van der Waals surface area contributed by atoms with Crippen molar-refractivity contribution in [1.82, 2.24) is 0 Å². The van der Waals surface area contributed by atoms with Crippen LogP contribution in [0.5, 0.6) is 5.75 Å². The van der Waals surface area contributed by atoms with Gasteiger partial charge < -0.3 is 10.5 Å². The molecule has 2 N–H and O–H groups in total. The number of anilines is 1. The number of hydrogen-bond acceptors (Lipinski definition) is 6. The lowest BCUT2D eigenvalue weighted by Gasteiger charge is -2.07. The van der Waals surface area contributed by atoms with E-state index in [4.69, 9.17) is 10.5 Å². The van der Waals surface area contributed by atoms with Crippen LogP contribution in [0.3, 0.4) is 0 Å². The molecule has 0 saturated heterocycles. The van der Waals surface area contributed by atoms with Crippen LogP contribution in [0.25, 0.3) is 0 Å². The largest absolute Gasteiger partial charge is 0.494 e. The molecule has 0 atom stereocenters. The van der Waals surface area contributed by atoms with Crippen LogP contribution in [0.4, 0.5) is 22.7 Å². The number of benzene rings is 2. The molecule has 7 heteroatoms. The van der Waals surface area contributed by atoms with Crippen molar-refractivity contribution in [3.05, 3.63) is 52.1 Å². The van der Waals surface area contributed by atoms with Gasteiger partial charge in [-0.15, -0.1) is 5.11 Å². The SMILES string of the molecule is COc1cc(N)c(C)cc1/N=N/c1ccc([N+](=O)[O-])cc1. The van der Waals surface area contributed by atoms with Crippen molar-refractivity contribution in [3.63, 3.8) is 0 Å². The summed E-state index contributed by atoms with van der Waals surface area (Å²) in [5.74, 6) is 0.517. The number of nitro benzene ring substituents is 1. The molecular formula is C14H14N4O3. The van der Waals surface area contributed by atoms with E-state index in [0.717, 1.165) is 5.56 Å². The monoisotopic (exact) mass is 286 g/mol. The van der Waals surface area contributed by atoms with E-state index in [-0.39, 0.29) is 5.69 Å². The standard InChI is InChI=1S/C14H14N4O3/c1-9-7-13(14(21-2)8-12(9)15)17-16-10-3-5-11(6-4-10)18(19)20/h3-8H,15H2,1-2H3/b17-16+. The topological polar surface area (TPSA) is 103 Å². The Labute approximate surface area is 121 Å². The van der Waals surface area contributed by atoms with Crippen molar-refractivity contribution in [1.29, 1.82) is 0 Å². The van der Waals surface area contributed by atoms with E-state index in [1.165, 1.54) is 31.4 Å². The van der Waals surface area contributed by atoms with E-state index in [9.17, 15) is 10.1 Å². The molecule has 0 fully saturated rings. The van der Waals surface area contributed by atoms with Gasteiger partial charge in [-0.2, -0.15) is 5.11 Å². The van der Waals surface area contributed by atoms with Crippen molar-refractivity contribution in [2.75, 3.05) is 12.8 Å². The zero-order chi connectivity index (χ0) is 15.4. The van der Waals surface area contributed by atoms with E-state index in [0.29, 0.717) is 22.8 Å². The summed E-state index contributed by atoms with van der Waals surface area (Å²) >= 11 is 0. The smallest absolute Gasteiger partial charge is 0.269 e. The van der Waals surface area contributed by atoms with E-state index >= 15 is 0 Å². The molecule has 0 aliphatic carbocycles. The summed E-state index contributed by atoms with van der Waals surface area (Å²) in [5.41, 5.74) is 8.35. The Morgan fingerprint density at radius 1 is 1.19 bits per heavy atom. The highest BCUT2D eigenvalue weighted by atomic mass is 16.6. The van der Waals surface area contributed by atoms with E-state index in [1.54, 1.807) is 12.1 Å². The molecule has 2 aromatic rings. The molecule has 21 heavy (non-hydrogen) atoms. The van der Waals surface area contributed by atoms with Gasteiger partial charge in [-0.05, 0) is 30.7 Å². The molecule has 0 unspecified atom stereocenters. The summed E-state index contributed by atoms with van der Waals surface area (Å²) < 4.78 is 5.20. The van der Waals surface area contributed by atoms with E-state index in [1.807, 2.05) is 6.92 Å². The first kappa shape index (κ1) is 14.4. The van der Waals surface area contributed by atoms with Crippen LogP contribution >= 0.6 is 0 Å². The zero-order valence-corrected chi connectivity index (χ0v) is 11.6. The van der Waals surface area contributed by atoms with Crippen LogP contribution in [-0.2, 0) is 0 Å². The highest BCUT2D eigenvalue weighted by Crippen LogP contribution is 2.33. The van der Waals surface area contributed by atoms with Gasteiger partial charge in [0, 0.05) is 23.9 Å². The minimum atomic E-state index is -0.465. The Morgan fingerprint density at radius 2 is 1.86 bits per heavy atom. The number of ether oxygens (including phenoxy) is 1. The molecular weight excluding hydrogens is 272 g/mol. The Bertz CT molecular complexity index is 696. The van der Waals surface area contributed by atoms with Gasteiger partial charge in [-0.25, -0.2) is 0 Å². The van der Waals surface area contributed by atoms with Gasteiger partial charge >= 0.3 is 0 Å². The van der Waals surface area contributed by atoms with Crippen molar-refractivity contribution in [2.45, 2.75) is 6.92 Å². The van der Waals surface area contributed by atoms with Crippen molar-refractivity contribution >= 4 is 22.7 Å². The van der Waals surface area contributed by atoms with Crippen LogP contribution in [-0.4, -0.2) is 12.0 Å². The van der Waals surface area contributed by atoms with Gasteiger partial charge in [0.1, 0.15) is 11.4 Å². The number of non-ortho nitro benzene ring substituents is 1. The summed E-state index contributed by atoms with van der Waals surface area (Å²) in [6, 6.07) is 9.25. The molecule has 7 nitrogen and oxygen atoms in total. The summed E-state index contributed by atoms with van der Waals surface area (Å²) in [6.45, 7) is 1.86. The van der Waals surface area contributed by atoms with Gasteiger partial charge in [-0.1, -0.05) is 0 Å². The Kier molecular flexibility index (Phi) is 4.13. The molecule has 0 heterocycles. The lowest BCUT2D eigenvalue weighted by atomic mass is 10.1. The second kappa shape index (κ2) is 6.00. The Morgan fingerprint density at radius 3 is 2.43 bits per heavy atom. The first-order valence-corrected chi connectivity index (χ1v) is 6.11. The van der Waals surface area contributed by atoms with Crippen LogP contribution in [0.15, 0.2) is 46.6 Å². The Balaban J connectivity index is 2.28. The summed E-state index contributed by atoms with van der Waals surface area (Å²) in [4.78, 5) is 10.1. The van der Waals surface area contributed by atoms with Gasteiger partial charge in [0.15, 0.2) is 0 Å². The summed E-state index contributed by atoms with van der Waals surface area (Å²) in [6.07, 6.45) is 0. The number of rotatable bonds is 4. The number of nitrogens with zero attached hydrogens (tertiary/aromatic N) is 3. The van der Waals surface area contributed by atoms with Crippen molar-refractivity contribution in [2.24, 2.45) is 10.2 Å². The van der Waals surface area contributed by atoms with Crippen LogP contribution < -0.4 is 10.5 Å². The lowest BCUT2D eigenvalue weighted by molar-refractivity contribution is -0.384. The maximum atomic E-state index is 10.6. The fraction of sp³-hybridized carbons (Fsp3) is 0.143. The number of aryl methyl sites for hydroxylation is 1. The number of nitrogens with two attached hydrogens (primary N) is 1. The molecule has 0 aliphatic rings. The fourth-order valence-electron chi connectivity index (χ4n) is 1.68. The lowest BCUT2D eigenvalue weighted by Crippen LogP contribution is -1.91. The number of azo groups is 1. The Hall–Kier alpha value is -2.96. The highest BCUT2D eigenvalue weighted by Gasteiger charge is 2.06. The van der Waals surface area contributed by atoms with Crippen LogP contribution in [0.1, 0.15) is 5.56 Å². The van der Waals surface area contributed by atoms with Gasteiger partial charge in [0.05, 0.1) is 17.7 Å². The zero-order valence-electron chi connectivity index (χ0n) is 11.6. The minimum Gasteiger partial charge on any atom is -0.494 e. The average Bonchev–Trinajstić information content (AvgIpc) is 2.48. The highest BCUT2D eigenvalue weighted by molar-refractivity contribution is 5.63. The number of nitro groups is 1. The average molecular weight is 286 g/mol. The van der Waals surface area contributed by atoms with Crippen molar-refractivity contribution < 1.29 is 9.66 Å². The first-order valence-electron chi connectivity index (χ1n) is 6.11. The molecule has 0 bridgehead atoms. The third-order valence-corrected chi connectivity index (χ3v) is 2.90. The second-order valence-electron chi connectivity index (χ2n) is 4.35. The number of nitrogen functional groups attached to an aromatic ring is 1. The first-order chi connectivity index (χ1) is 10.0. The molecule has 0 aromatic heterocycles. The molecule has 2 aromatic carbocycles. The summed E-state index contributed by atoms with van der Waals surface area (Å²) in [7, 11) is 1.52. The molecule has 108 valence electrons. The molecule has 0 amide bonds. The van der Waals surface area contributed by atoms with E-state index in [2.05, 4.69) is 10.2 Å². The molecule has 0 aliphatic heterocycles. The molecule has 0 spiro atoms. The maximum absolute atomic E-state index is 10.6. The minimum absolute atomic E-state index is 0.00913. The quantitative estimate of drug-likeness (QED) is 0.398. The van der Waals surface area contributed by atoms with Crippen LogP contribution in [0.2, 0.25) is 0 Å². The third-order valence-electron chi connectivity index (χ3n) is 2.90. The van der Waals surface area contributed by atoms with Crippen LogP contribution in [0, 0.1) is 17.0 Å². The summed E-state index contributed by atoms with van der Waals surface area (Å²) in [5, 5.41) is 18.7. The van der Waals surface area contributed by atoms with Gasteiger partial charge in [-0.3, -0.25) is 10.1 Å². The maximum Gasteiger partial charge on any atom is 0.269 e. The molecule has 0 radical (unpaired) electrons.